The van der Waals surface area contributed by atoms with E-state index in [-0.39, 0.29) is 5.78 Å². The fraction of sp³-hybridized carbons (Fsp3) is 0.375. The molecule has 2 N–H and O–H groups in total. The zero-order valence-electron chi connectivity index (χ0n) is 12.1. The Morgan fingerprint density at radius 3 is 2.71 bits per heavy atom. The number of aromatic nitrogens is 1. The first-order valence-electron chi connectivity index (χ1n) is 7.24. The number of nitrogens with zero attached hydrogens (tertiary/aromatic N) is 2. The molecule has 4 nitrogen and oxygen atoms in total. The fourth-order valence-electron chi connectivity index (χ4n) is 2.77. The number of Topliss-reactive ketones (excluding diaryl/α,β-unsaturated/α-hetero) is 1. The van der Waals surface area contributed by atoms with Crippen molar-refractivity contribution in [3.8, 4) is 0 Å². The summed E-state index contributed by atoms with van der Waals surface area (Å²) in [6.45, 7) is 2.34. The molecule has 2 aromatic rings. The number of aryl methyl sites for hydroxylation is 2. The number of rotatable bonds is 3. The van der Waals surface area contributed by atoms with Crippen molar-refractivity contribution in [3.05, 3.63) is 50.8 Å². The van der Waals surface area contributed by atoms with Crippen LogP contribution in [0.5, 0.6) is 0 Å². The van der Waals surface area contributed by atoms with E-state index < -0.39 is 0 Å². The Balaban J connectivity index is 1.92. The van der Waals surface area contributed by atoms with E-state index in [9.17, 15) is 4.79 Å². The smallest absolute Gasteiger partial charge is 0.208 e. The molecule has 3 rings (SSSR count). The summed E-state index contributed by atoms with van der Waals surface area (Å²) in [6, 6.07) is 7.71. The van der Waals surface area contributed by atoms with Crippen molar-refractivity contribution >= 4 is 17.1 Å². The maximum absolute atomic E-state index is 12.5. The van der Waals surface area contributed by atoms with E-state index >= 15 is 0 Å². The van der Waals surface area contributed by atoms with Crippen LogP contribution in [-0.2, 0) is 19.4 Å². The van der Waals surface area contributed by atoms with Crippen molar-refractivity contribution in [1.82, 2.24) is 4.57 Å². The standard InChI is InChI=1S/C16H19N3OS/c1-11-6-8-12(9-7-11)14(20)10-19-13-4-2-3-5-15(13)21-16(19)18-17/h6-9H,2-5,10,17H2,1H3/b18-16+. The average Bonchev–Trinajstić information content (AvgIpc) is 2.86. The average molecular weight is 301 g/mol. The van der Waals surface area contributed by atoms with Crippen molar-refractivity contribution < 1.29 is 4.79 Å². The second-order valence-electron chi connectivity index (χ2n) is 5.47. The van der Waals surface area contributed by atoms with Crippen LogP contribution in [0.3, 0.4) is 0 Å². The third kappa shape index (κ3) is 2.78. The molecule has 1 heterocycles. The quantitative estimate of drug-likeness (QED) is 0.537. The van der Waals surface area contributed by atoms with Crippen LogP contribution in [0.4, 0.5) is 0 Å². The van der Waals surface area contributed by atoms with Crippen molar-refractivity contribution in [2.75, 3.05) is 0 Å². The molecule has 1 aromatic carbocycles. The molecule has 0 fully saturated rings. The summed E-state index contributed by atoms with van der Waals surface area (Å²) in [5.74, 6) is 5.61. The topological polar surface area (TPSA) is 60.4 Å². The van der Waals surface area contributed by atoms with Crippen LogP contribution in [0.1, 0.15) is 39.3 Å². The predicted octanol–water partition coefficient (Wildman–Crippen LogP) is 2.39. The normalized spacial score (nSPS) is 15.0. The SMILES string of the molecule is Cc1ccc(C(=O)Cn2c3c(s/c2=N/N)CCCC3)cc1. The lowest BCUT2D eigenvalue weighted by Crippen LogP contribution is -2.24. The molecule has 0 spiro atoms. The first-order valence-corrected chi connectivity index (χ1v) is 8.06. The minimum absolute atomic E-state index is 0.107. The van der Waals surface area contributed by atoms with Crippen molar-refractivity contribution in [1.29, 1.82) is 0 Å². The highest BCUT2D eigenvalue weighted by molar-refractivity contribution is 7.09. The summed E-state index contributed by atoms with van der Waals surface area (Å²) in [5, 5.41) is 3.87. The number of carbonyl (C=O) groups is 1. The van der Waals surface area contributed by atoms with Gasteiger partial charge in [-0.2, -0.15) is 5.10 Å². The number of nitrogens with two attached hydrogens (primary N) is 1. The van der Waals surface area contributed by atoms with Gasteiger partial charge in [0.05, 0.1) is 6.54 Å². The Hall–Kier alpha value is -1.88. The Labute approximate surface area is 127 Å². The van der Waals surface area contributed by atoms with Gasteiger partial charge in [-0.25, -0.2) is 0 Å². The number of hydrogen-bond donors (Lipinski definition) is 1. The Kier molecular flexibility index (Phi) is 3.92. The van der Waals surface area contributed by atoms with Gasteiger partial charge in [-0.05, 0) is 32.6 Å². The number of carbonyl (C=O) groups excluding carboxylic acids is 1. The fourth-order valence-corrected chi connectivity index (χ4v) is 3.91. The van der Waals surface area contributed by atoms with Crippen molar-refractivity contribution in [3.63, 3.8) is 0 Å². The van der Waals surface area contributed by atoms with E-state index in [4.69, 9.17) is 5.84 Å². The van der Waals surface area contributed by atoms with Gasteiger partial charge in [0.15, 0.2) is 5.78 Å². The number of ketones is 1. The van der Waals surface area contributed by atoms with Crippen molar-refractivity contribution in [2.24, 2.45) is 10.9 Å². The van der Waals surface area contributed by atoms with Gasteiger partial charge in [0.1, 0.15) is 0 Å². The molecule has 0 saturated carbocycles. The van der Waals surface area contributed by atoms with E-state index in [0.717, 1.165) is 28.8 Å². The van der Waals surface area contributed by atoms with Crippen LogP contribution >= 0.6 is 11.3 Å². The highest BCUT2D eigenvalue weighted by Gasteiger charge is 2.19. The van der Waals surface area contributed by atoms with Gasteiger partial charge in [-0.3, -0.25) is 4.79 Å². The van der Waals surface area contributed by atoms with E-state index in [1.807, 2.05) is 35.8 Å². The molecule has 0 saturated heterocycles. The van der Waals surface area contributed by atoms with Gasteiger partial charge in [0.2, 0.25) is 4.80 Å². The zero-order valence-corrected chi connectivity index (χ0v) is 12.9. The van der Waals surface area contributed by atoms with Crippen LogP contribution in [0.25, 0.3) is 0 Å². The summed E-state index contributed by atoms with van der Waals surface area (Å²) < 4.78 is 2.00. The van der Waals surface area contributed by atoms with Gasteiger partial charge in [0, 0.05) is 16.1 Å². The van der Waals surface area contributed by atoms with Gasteiger partial charge in [0.25, 0.3) is 0 Å². The van der Waals surface area contributed by atoms with Crippen LogP contribution in [0.15, 0.2) is 29.4 Å². The minimum Gasteiger partial charge on any atom is -0.320 e. The highest BCUT2D eigenvalue weighted by atomic mass is 32.1. The van der Waals surface area contributed by atoms with Gasteiger partial charge < -0.3 is 10.4 Å². The van der Waals surface area contributed by atoms with Crippen molar-refractivity contribution in [2.45, 2.75) is 39.2 Å². The molecule has 0 amide bonds. The first-order chi connectivity index (χ1) is 10.2. The third-order valence-electron chi connectivity index (χ3n) is 3.95. The number of hydrogen-bond acceptors (Lipinski definition) is 4. The number of thiazole rings is 1. The Bertz CT molecular complexity index is 725. The van der Waals surface area contributed by atoms with Crippen LogP contribution in [-0.4, -0.2) is 10.4 Å². The number of fused-ring (bicyclic) bond motifs is 1. The molecular weight excluding hydrogens is 282 g/mol. The predicted molar refractivity (Wildman–Crippen MR) is 84.2 cm³/mol. The summed E-state index contributed by atoms with van der Waals surface area (Å²) in [4.78, 5) is 14.6. The number of benzene rings is 1. The van der Waals surface area contributed by atoms with Gasteiger partial charge >= 0.3 is 0 Å². The molecule has 0 aliphatic heterocycles. The molecule has 1 aliphatic rings. The monoisotopic (exact) mass is 301 g/mol. The van der Waals surface area contributed by atoms with E-state index in [1.165, 1.54) is 23.4 Å². The summed E-state index contributed by atoms with van der Waals surface area (Å²) in [5.41, 5.74) is 3.15. The molecule has 110 valence electrons. The lowest BCUT2D eigenvalue weighted by molar-refractivity contribution is 0.0970. The highest BCUT2D eigenvalue weighted by Crippen LogP contribution is 2.23. The Morgan fingerprint density at radius 2 is 2.00 bits per heavy atom. The molecule has 0 bridgehead atoms. The van der Waals surface area contributed by atoms with Crippen LogP contribution < -0.4 is 10.6 Å². The Morgan fingerprint density at radius 1 is 1.29 bits per heavy atom. The molecule has 1 aliphatic carbocycles. The molecular formula is C16H19N3OS. The summed E-state index contributed by atoms with van der Waals surface area (Å²) in [7, 11) is 0. The molecule has 21 heavy (non-hydrogen) atoms. The maximum Gasteiger partial charge on any atom is 0.208 e. The molecule has 1 aromatic heterocycles. The van der Waals surface area contributed by atoms with Gasteiger partial charge in [-0.1, -0.05) is 41.2 Å². The second kappa shape index (κ2) is 5.85. The maximum atomic E-state index is 12.5. The summed E-state index contributed by atoms with van der Waals surface area (Å²) in [6.07, 6.45) is 4.48. The summed E-state index contributed by atoms with van der Waals surface area (Å²) >= 11 is 1.62. The lowest BCUT2D eigenvalue weighted by Gasteiger charge is -2.14. The zero-order chi connectivity index (χ0) is 14.8. The van der Waals surface area contributed by atoms with Crippen LogP contribution in [0.2, 0.25) is 0 Å². The molecule has 0 atom stereocenters. The molecule has 0 radical (unpaired) electrons. The molecule has 5 heteroatoms. The van der Waals surface area contributed by atoms with E-state index in [1.54, 1.807) is 11.3 Å². The minimum atomic E-state index is 0.107. The van der Waals surface area contributed by atoms with E-state index in [0.29, 0.717) is 6.54 Å². The first kappa shape index (κ1) is 14.1. The second-order valence-corrected chi connectivity index (χ2v) is 6.53. The van der Waals surface area contributed by atoms with E-state index in [2.05, 4.69) is 5.10 Å². The largest absolute Gasteiger partial charge is 0.320 e. The van der Waals surface area contributed by atoms with Crippen LogP contribution in [0, 0.1) is 6.92 Å². The molecule has 0 unspecified atom stereocenters. The third-order valence-corrected chi connectivity index (χ3v) is 5.14. The lowest BCUT2D eigenvalue weighted by atomic mass is 10.0. The van der Waals surface area contributed by atoms with Gasteiger partial charge in [-0.15, -0.1) is 0 Å².